The molecule has 156 valence electrons. The number of nitrogens with one attached hydrogen (secondary N) is 1. The quantitative estimate of drug-likeness (QED) is 0.390. The highest BCUT2D eigenvalue weighted by Gasteiger charge is 2.14. The molecule has 3 aromatic rings. The minimum atomic E-state index is -1.98. The topological polar surface area (TPSA) is 106 Å². The number of anilines is 1. The average molecular weight is 465 g/mol. The molecule has 0 aliphatic rings. The first-order valence-electron chi connectivity index (χ1n) is 8.77. The number of aromatic nitrogens is 1. The van der Waals surface area contributed by atoms with Crippen molar-refractivity contribution in [3.8, 4) is 11.3 Å². The normalized spacial score (nSPS) is 11.7. The standard InChI is InChI=1S/C20H17ClN2O5S2/c1-2-28-20(25)19-23-17(10-29-19)13-4-6-14(7-5-13)22-18(24)15-8-3-12(9-16(15)21)11-30(26)27/h3-10H,2,11H2,1H3,(H,22,24)(H,26,27). The zero-order chi connectivity index (χ0) is 21.7. The van der Waals surface area contributed by atoms with E-state index in [9.17, 15) is 13.8 Å². The molecule has 1 unspecified atom stereocenters. The Morgan fingerprint density at radius 1 is 1.23 bits per heavy atom. The van der Waals surface area contributed by atoms with Crippen LogP contribution in [-0.2, 0) is 21.6 Å². The molecule has 1 aromatic heterocycles. The fraction of sp³-hybridized carbons (Fsp3) is 0.150. The molecule has 7 nitrogen and oxygen atoms in total. The van der Waals surface area contributed by atoms with Crippen LogP contribution in [0.3, 0.4) is 0 Å². The molecule has 1 amide bonds. The molecular weight excluding hydrogens is 448 g/mol. The predicted molar refractivity (Wildman–Crippen MR) is 117 cm³/mol. The van der Waals surface area contributed by atoms with Crippen LogP contribution in [0, 0.1) is 0 Å². The first kappa shape index (κ1) is 22.1. The number of amides is 1. The maximum absolute atomic E-state index is 12.5. The molecule has 2 aromatic carbocycles. The van der Waals surface area contributed by atoms with Gasteiger partial charge in [-0.3, -0.25) is 4.79 Å². The van der Waals surface area contributed by atoms with Crippen LogP contribution < -0.4 is 5.32 Å². The van der Waals surface area contributed by atoms with Crippen molar-refractivity contribution in [1.29, 1.82) is 0 Å². The van der Waals surface area contributed by atoms with E-state index in [1.54, 1.807) is 42.6 Å². The lowest BCUT2D eigenvalue weighted by Crippen LogP contribution is -2.12. The molecule has 0 radical (unpaired) electrons. The lowest BCUT2D eigenvalue weighted by molar-refractivity contribution is 0.0526. The van der Waals surface area contributed by atoms with E-state index in [-0.39, 0.29) is 28.0 Å². The van der Waals surface area contributed by atoms with E-state index in [1.807, 2.05) is 0 Å². The van der Waals surface area contributed by atoms with Crippen molar-refractivity contribution in [1.82, 2.24) is 4.98 Å². The molecule has 1 atom stereocenters. The number of nitrogens with zero attached hydrogens (tertiary/aromatic N) is 1. The van der Waals surface area contributed by atoms with Crippen molar-refractivity contribution in [2.24, 2.45) is 0 Å². The summed E-state index contributed by atoms with van der Waals surface area (Å²) in [6.07, 6.45) is 0. The number of halogens is 1. The van der Waals surface area contributed by atoms with Crippen molar-refractivity contribution in [2.45, 2.75) is 12.7 Å². The molecule has 0 aliphatic carbocycles. The molecule has 0 spiro atoms. The largest absolute Gasteiger partial charge is 0.461 e. The summed E-state index contributed by atoms with van der Waals surface area (Å²) in [5.74, 6) is -0.911. The zero-order valence-electron chi connectivity index (χ0n) is 15.8. The number of hydrogen-bond donors (Lipinski definition) is 2. The minimum Gasteiger partial charge on any atom is -0.461 e. The Kier molecular flexibility index (Phi) is 7.33. The number of benzene rings is 2. The summed E-state index contributed by atoms with van der Waals surface area (Å²) < 4.78 is 24.8. The first-order chi connectivity index (χ1) is 14.4. The maximum Gasteiger partial charge on any atom is 0.367 e. The van der Waals surface area contributed by atoms with Gasteiger partial charge in [-0.15, -0.1) is 11.3 Å². The van der Waals surface area contributed by atoms with Gasteiger partial charge in [-0.25, -0.2) is 14.0 Å². The molecule has 0 saturated carbocycles. The molecule has 0 aliphatic heterocycles. The maximum atomic E-state index is 12.5. The number of ether oxygens (including phenoxy) is 1. The van der Waals surface area contributed by atoms with Crippen molar-refractivity contribution >= 4 is 51.6 Å². The molecule has 30 heavy (non-hydrogen) atoms. The molecule has 0 bridgehead atoms. The monoisotopic (exact) mass is 464 g/mol. The third-order valence-electron chi connectivity index (χ3n) is 3.96. The van der Waals surface area contributed by atoms with E-state index in [4.69, 9.17) is 20.9 Å². The van der Waals surface area contributed by atoms with Crippen LogP contribution in [0.25, 0.3) is 11.3 Å². The first-order valence-corrected chi connectivity index (χ1v) is 11.3. The van der Waals surface area contributed by atoms with Crippen LogP contribution in [-0.4, -0.2) is 32.2 Å². The SMILES string of the molecule is CCOC(=O)c1nc(-c2ccc(NC(=O)c3ccc(CS(=O)O)cc3Cl)cc2)cs1. The third-order valence-corrected chi connectivity index (χ3v) is 5.68. The van der Waals surface area contributed by atoms with Gasteiger partial charge in [-0.05, 0) is 36.8 Å². The Morgan fingerprint density at radius 2 is 1.97 bits per heavy atom. The van der Waals surface area contributed by atoms with Crippen LogP contribution in [0.15, 0.2) is 47.8 Å². The highest BCUT2D eigenvalue weighted by molar-refractivity contribution is 7.78. The lowest BCUT2D eigenvalue weighted by atomic mass is 10.1. The average Bonchev–Trinajstić information content (AvgIpc) is 3.18. The fourth-order valence-electron chi connectivity index (χ4n) is 2.59. The Labute approximate surface area is 184 Å². The molecule has 10 heteroatoms. The van der Waals surface area contributed by atoms with Gasteiger partial charge in [0.25, 0.3) is 5.91 Å². The fourth-order valence-corrected chi connectivity index (χ4v) is 4.06. The molecular formula is C20H17ClN2O5S2. The van der Waals surface area contributed by atoms with E-state index >= 15 is 0 Å². The number of carbonyl (C=O) groups is 2. The molecule has 1 heterocycles. The highest BCUT2D eigenvalue weighted by atomic mass is 35.5. The van der Waals surface area contributed by atoms with Crippen molar-refractivity contribution in [3.05, 3.63) is 69.0 Å². The summed E-state index contributed by atoms with van der Waals surface area (Å²) in [6, 6.07) is 11.6. The van der Waals surface area contributed by atoms with E-state index in [0.717, 1.165) is 5.56 Å². The van der Waals surface area contributed by atoms with Crippen molar-refractivity contribution < 1.29 is 23.1 Å². The number of carbonyl (C=O) groups excluding carboxylic acids is 2. The summed E-state index contributed by atoms with van der Waals surface area (Å²) in [5.41, 5.74) is 2.81. The van der Waals surface area contributed by atoms with Crippen LogP contribution in [0.5, 0.6) is 0 Å². The Hall–Kier alpha value is -2.59. The van der Waals surface area contributed by atoms with Crippen LogP contribution in [0.2, 0.25) is 5.02 Å². The van der Waals surface area contributed by atoms with Gasteiger partial charge < -0.3 is 14.6 Å². The van der Waals surface area contributed by atoms with Gasteiger partial charge in [0.05, 0.1) is 28.6 Å². The second-order valence-electron chi connectivity index (χ2n) is 6.07. The molecule has 0 saturated heterocycles. The highest BCUT2D eigenvalue weighted by Crippen LogP contribution is 2.25. The summed E-state index contributed by atoms with van der Waals surface area (Å²) in [5, 5.41) is 5.00. The Morgan fingerprint density at radius 3 is 2.60 bits per heavy atom. The van der Waals surface area contributed by atoms with E-state index in [0.29, 0.717) is 16.9 Å². The van der Waals surface area contributed by atoms with Crippen LogP contribution in [0.1, 0.15) is 32.6 Å². The van der Waals surface area contributed by atoms with Crippen LogP contribution in [0.4, 0.5) is 5.69 Å². The van der Waals surface area contributed by atoms with Gasteiger partial charge >= 0.3 is 5.97 Å². The summed E-state index contributed by atoms with van der Waals surface area (Å²) >= 11 is 5.37. The Balaban J connectivity index is 1.69. The number of hydrogen-bond acceptors (Lipinski definition) is 6. The number of thiazole rings is 1. The Bertz CT molecular complexity index is 1100. The lowest BCUT2D eigenvalue weighted by Gasteiger charge is -2.08. The van der Waals surface area contributed by atoms with Gasteiger partial charge in [0.15, 0.2) is 11.1 Å². The minimum absolute atomic E-state index is 0.0580. The summed E-state index contributed by atoms with van der Waals surface area (Å²) in [7, 11) is 0. The van der Waals surface area contributed by atoms with Crippen molar-refractivity contribution in [3.63, 3.8) is 0 Å². The summed E-state index contributed by atoms with van der Waals surface area (Å²) in [6.45, 7) is 2.02. The van der Waals surface area contributed by atoms with Gasteiger partial charge in [0.2, 0.25) is 5.01 Å². The van der Waals surface area contributed by atoms with E-state index in [2.05, 4.69) is 10.3 Å². The van der Waals surface area contributed by atoms with Crippen molar-refractivity contribution in [2.75, 3.05) is 11.9 Å². The molecule has 2 N–H and O–H groups in total. The third kappa shape index (κ3) is 5.51. The second-order valence-corrected chi connectivity index (χ2v) is 8.27. The van der Waals surface area contributed by atoms with Crippen LogP contribution >= 0.6 is 22.9 Å². The zero-order valence-corrected chi connectivity index (χ0v) is 18.1. The molecule has 0 fully saturated rings. The van der Waals surface area contributed by atoms with Gasteiger partial charge in [-0.2, -0.15) is 0 Å². The molecule has 3 rings (SSSR count). The number of esters is 1. The number of rotatable bonds is 7. The van der Waals surface area contributed by atoms with E-state index < -0.39 is 23.0 Å². The van der Waals surface area contributed by atoms with Gasteiger partial charge in [0.1, 0.15) is 0 Å². The van der Waals surface area contributed by atoms with Gasteiger partial charge in [0, 0.05) is 16.6 Å². The van der Waals surface area contributed by atoms with Gasteiger partial charge in [-0.1, -0.05) is 29.8 Å². The van der Waals surface area contributed by atoms with E-state index in [1.165, 1.54) is 23.5 Å². The summed E-state index contributed by atoms with van der Waals surface area (Å²) in [4.78, 5) is 28.5. The smallest absolute Gasteiger partial charge is 0.367 e. The predicted octanol–water partition coefficient (Wildman–Crippen LogP) is 4.61. The second kappa shape index (κ2) is 9.94.